The molecule has 0 heterocycles. The summed E-state index contributed by atoms with van der Waals surface area (Å²) in [5, 5.41) is 8.16. The van der Waals surface area contributed by atoms with Gasteiger partial charge < -0.3 is 5.73 Å². The van der Waals surface area contributed by atoms with Crippen LogP contribution in [0.3, 0.4) is 0 Å². The van der Waals surface area contributed by atoms with Crippen LogP contribution in [0.1, 0.15) is 19.8 Å². The van der Waals surface area contributed by atoms with E-state index in [2.05, 4.69) is 4.89 Å². The molecule has 0 bridgehead atoms. The van der Waals surface area contributed by atoms with Gasteiger partial charge in [0.25, 0.3) is 0 Å². The second-order valence-electron chi connectivity index (χ2n) is 2.30. The zero-order valence-electron chi connectivity index (χ0n) is 6.24. The first kappa shape index (κ1) is 10.1. The molecule has 0 aliphatic rings. The standard InChI is InChI=1S/C6H11NO4/c1-4(8)2-5(11-10)3-6(7)9/h5,10H,2-3H2,1H3,(H2,7,9)/t5-/m1/s1. The van der Waals surface area contributed by atoms with E-state index < -0.39 is 12.0 Å². The third-order valence-corrected chi connectivity index (χ3v) is 1.09. The van der Waals surface area contributed by atoms with Crippen molar-refractivity contribution in [3.05, 3.63) is 0 Å². The van der Waals surface area contributed by atoms with E-state index in [0.717, 1.165) is 0 Å². The Morgan fingerprint density at radius 2 is 2.09 bits per heavy atom. The average molecular weight is 161 g/mol. The van der Waals surface area contributed by atoms with Crippen LogP contribution in [0.25, 0.3) is 0 Å². The van der Waals surface area contributed by atoms with E-state index in [4.69, 9.17) is 11.0 Å². The molecule has 0 aromatic carbocycles. The largest absolute Gasteiger partial charge is 0.370 e. The van der Waals surface area contributed by atoms with Gasteiger partial charge in [-0.05, 0) is 6.92 Å². The van der Waals surface area contributed by atoms with E-state index in [1.165, 1.54) is 6.92 Å². The molecule has 1 amide bonds. The lowest BCUT2D eigenvalue weighted by Gasteiger charge is -2.07. The molecular weight excluding hydrogens is 150 g/mol. The number of hydrogen-bond donors (Lipinski definition) is 2. The number of primary amides is 1. The fraction of sp³-hybridized carbons (Fsp3) is 0.667. The zero-order valence-corrected chi connectivity index (χ0v) is 6.24. The predicted molar refractivity (Wildman–Crippen MR) is 36.6 cm³/mol. The van der Waals surface area contributed by atoms with Gasteiger partial charge in [0, 0.05) is 6.42 Å². The maximum atomic E-state index is 10.5. The molecule has 0 radical (unpaired) electrons. The molecular formula is C6H11NO4. The van der Waals surface area contributed by atoms with Gasteiger partial charge in [0.15, 0.2) is 0 Å². The summed E-state index contributed by atoms with van der Waals surface area (Å²) >= 11 is 0. The predicted octanol–water partition coefficient (Wildman–Crippen LogP) is -0.301. The molecule has 5 heteroatoms. The Kier molecular flexibility index (Phi) is 4.40. The van der Waals surface area contributed by atoms with Crippen LogP contribution in [0.4, 0.5) is 0 Å². The summed E-state index contributed by atoms with van der Waals surface area (Å²) in [6.07, 6.45) is -0.944. The molecule has 0 aromatic rings. The lowest BCUT2D eigenvalue weighted by Crippen LogP contribution is -2.23. The number of ketones is 1. The van der Waals surface area contributed by atoms with E-state index in [-0.39, 0.29) is 18.6 Å². The third-order valence-electron chi connectivity index (χ3n) is 1.09. The summed E-state index contributed by atoms with van der Waals surface area (Å²) in [5.74, 6) is -0.768. The second kappa shape index (κ2) is 4.81. The first-order chi connectivity index (χ1) is 5.06. The van der Waals surface area contributed by atoms with E-state index in [1.807, 2.05) is 0 Å². The minimum absolute atomic E-state index is 0.000556. The molecule has 0 saturated carbocycles. The van der Waals surface area contributed by atoms with Crippen LogP contribution in [-0.2, 0) is 14.5 Å². The normalized spacial score (nSPS) is 12.5. The highest BCUT2D eigenvalue weighted by molar-refractivity contribution is 5.78. The van der Waals surface area contributed by atoms with Crippen molar-refractivity contribution in [1.29, 1.82) is 0 Å². The van der Waals surface area contributed by atoms with Gasteiger partial charge in [-0.15, -0.1) is 0 Å². The van der Waals surface area contributed by atoms with Crippen LogP contribution < -0.4 is 5.73 Å². The molecule has 3 N–H and O–H groups in total. The van der Waals surface area contributed by atoms with Crippen LogP contribution in [-0.4, -0.2) is 23.1 Å². The molecule has 64 valence electrons. The van der Waals surface area contributed by atoms with Crippen molar-refractivity contribution < 1.29 is 19.7 Å². The number of nitrogens with two attached hydrogens (primary N) is 1. The van der Waals surface area contributed by atoms with Crippen LogP contribution in [0, 0.1) is 0 Å². The minimum atomic E-state index is -0.801. The molecule has 5 nitrogen and oxygen atoms in total. The van der Waals surface area contributed by atoms with Crippen molar-refractivity contribution in [1.82, 2.24) is 0 Å². The van der Waals surface area contributed by atoms with Crippen molar-refractivity contribution >= 4 is 11.7 Å². The van der Waals surface area contributed by atoms with Crippen molar-refractivity contribution in [2.75, 3.05) is 0 Å². The van der Waals surface area contributed by atoms with Gasteiger partial charge in [-0.1, -0.05) is 0 Å². The molecule has 11 heavy (non-hydrogen) atoms. The first-order valence-corrected chi connectivity index (χ1v) is 3.14. The summed E-state index contributed by atoms with van der Waals surface area (Å²) in [6, 6.07) is 0. The van der Waals surface area contributed by atoms with Gasteiger partial charge in [-0.25, -0.2) is 4.89 Å². The van der Waals surface area contributed by atoms with Gasteiger partial charge >= 0.3 is 0 Å². The Morgan fingerprint density at radius 1 is 1.55 bits per heavy atom. The Labute approximate surface area is 64.1 Å². The summed E-state index contributed by atoms with van der Waals surface area (Å²) in [7, 11) is 0. The lowest BCUT2D eigenvalue weighted by molar-refractivity contribution is -0.278. The van der Waals surface area contributed by atoms with Gasteiger partial charge in [0.2, 0.25) is 5.91 Å². The molecule has 0 aromatic heterocycles. The van der Waals surface area contributed by atoms with E-state index in [9.17, 15) is 9.59 Å². The molecule has 0 rings (SSSR count). The highest BCUT2D eigenvalue weighted by Gasteiger charge is 2.14. The van der Waals surface area contributed by atoms with Gasteiger partial charge in [-0.2, -0.15) is 0 Å². The molecule has 0 spiro atoms. The second-order valence-corrected chi connectivity index (χ2v) is 2.30. The van der Waals surface area contributed by atoms with Crippen LogP contribution in [0.5, 0.6) is 0 Å². The molecule has 0 unspecified atom stereocenters. The third kappa shape index (κ3) is 5.50. The summed E-state index contributed by atoms with van der Waals surface area (Å²) in [4.78, 5) is 24.6. The maximum absolute atomic E-state index is 10.5. The summed E-state index contributed by atoms with van der Waals surface area (Å²) < 4.78 is 0. The van der Waals surface area contributed by atoms with E-state index >= 15 is 0 Å². The van der Waals surface area contributed by atoms with Crippen LogP contribution in [0.2, 0.25) is 0 Å². The number of Topliss-reactive ketones (excluding diaryl/α,β-unsaturated/α-hetero) is 1. The van der Waals surface area contributed by atoms with Crippen molar-refractivity contribution in [2.24, 2.45) is 5.73 Å². The van der Waals surface area contributed by atoms with Crippen molar-refractivity contribution in [2.45, 2.75) is 25.9 Å². The Hall–Kier alpha value is -0.940. The topological polar surface area (TPSA) is 89.6 Å². The van der Waals surface area contributed by atoms with Crippen molar-refractivity contribution in [3.8, 4) is 0 Å². The Morgan fingerprint density at radius 3 is 2.36 bits per heavy atom. The van der Waals surface area contributed by atoms with Gasteiger partial charge in [0.1, 0.15) is 11.9 Å². The summed E-state index contributed by atoms with van der Waals surface area (Å²) in [5.41, 5.74) is 4.80. The summed E-state index contributed by atoms with van der Waals surface area (Å²) in [6.45, 7) is 1.34. The van der Waals surface area contributed by atoms with Gasteiger partial charge in [-0.3, -0.25) is 14.8 Å². The Balaban J connectivity index is 3.76. The number of carbonyl (C=O) groups excluding carboxylic acids is 2. The minimum Gasteiger partial charge on any atom is -0.370 e. The molecule has 1 atom stereocenters. The van der Waals surface area contributed by atoms with E-state index in [1.54, 1.807) is 0 Å². The van der Waals surface area contributed by atoms with Crippen molar-refractivity contribution in [3.63, 3.8) is 0 Å². The smallest absolute Gasteiger partial charge is 0.220 e. The maximum Gasteiger partial charge on any atom is 0.220 e. The van der Waals surface area contributed by atoms with Crippen LogP contribution >= 0.6 is 0 Å². The molecule has 0 fully saturated rings. The van der Waals surface area contributed by atoms with E-state index in [0.29, 0.717) is 0 Å². The fourth-order valence-corrected chi connectivity index (χ4v) is 0.692. The molecule has 0 aliphatic carbocycles. The van der Waals surface area contributed by atoms with Gasteiger partial charge in [0.05, 0.1) is 6.42 Å². The lowest BCUT2D eigenvalue weighted by atomic mass is 10.1. The highest BCUT2D eigenvalue weighted by atomic mass is 17.1. The average Bonchev–Trinajstić information content (AvgIpc) is 1.84. The molecule has 0 aliphatic heterocycles. The Bertz CT molecular complexity index is 141. The number of carbonyl (C=O) groups is 2. The molecule has 0 saturated heterocycles. The highest BCUT2D eigenvalue weighted by Crippen LogP contribution is 2.01. The zero-order chi connectivity index (χ0) is 8.85. The number of rotatable bonds is 5. The quantitative estimate of drug-likeness (QED) is 0.428. The monoisotopic (exact) mass is 161 g/mol. The SMILES string of the molecule is CC(=O)C[C@H](CC(N)=O)OO. The number of hydrogen-bond acceptors (Lipinski definition) is 4. The number of amides is 1. The van der Waals surface area contributed by atoms with Crippen LogP contribution in [0.15, 0.2) is 0 Å². The first-order valence-electron chi connectivity index (χ1n) is 3.14. The fourth-order valence-electron chi connectivity index (χ4n) is 0.692.